The van der Waals surface area contributed by atoms with Crippen LogP contribution in [0.25, 0.3) is 0 Å². The molecule has 0 atom stereocenters. The average molecular weight is 429 g/mol. The average Bonchev–Trinajstić information content (AvgIpc) is 2.84. The summed E-state index contributed by atoms with van der Waals surface area (Å²) in [6.45, 7) is 0.0430. The van der Waals surface area contributed by atoms with E-state index in [-0.39, 0.29) is 12.5 Å². The highest BCUT2D eigenvalue weighted by Crippen LogP contribution is 2.24. The zero-order chi connectivity index (χ0) is 22.0. The van der Waals surface area contributed by atoms with Crippen LogP contribution in [0.3, 0.4) is 0 Å². The van der Waals surface area contributed by atoms with Gasteiger partial charge in [0.1, 0.15) is 17.2 Å². The monoisotopic (exact) mass is 428 g/mol. The number of amides is 1. The lowest BCUT2D eigenvalue weighted by atomic mass is 9.95. The van der Waals surface area contributed by atoms with E-state index in [2.05, 4.69) is 10.3 Å². The summed E-state index contributed by atoms with van der Waals surface area (Å²) in [4.78, 5) is 16.6. The lowest BCUT2D eigenvalue weighted by Crippen LogP contribution is -2.38. The predicted octanol–water partition coefficient (Wildman–Crippen LogP) is 6.06. The van der Waals surface area contributed by atoms with E-state index >= 15 is 0 Å². The molecule has 1 N–H and O–H groups in total. The third-order valence-electron chi connectivity index (χ3n) is 5.40. The second kappa shape index (κ2) is 11.1. The van der Waals surface area contributed by atoms with E-state index in [0.29, 0.717) is 11.8 Å². The van der Waals surface area contributed by atoms with Gasteiger partial charge in [-0.2, -0.15) is 0 Å². The number of carbonyl (C=O) groups excluding carboxylic acids is 1. The van der Waals surface area contributed by atoms with Gasteiger partial charge in [0.2, 0.25) is 0 Å². The van der Waals surface area contributed by atoms with Crippen molar-refractivity contribution in [2.45, 2.75) is 38.1 Å². The molecule has 0 heterocycles. The normalized spacial score (nSPS) is 14.2. The number of carbonyl (C=O) groups is 1. The number of ether oxygens (including phenoxy) is 2. The minimum Gasteiger partial charge on any atom is -0.484 e. The molecule has 0 radical (unpaired) electrons. The minimum absolute atomic E-state index is 0.0430. The molecule has 1 saturated carbocycles. The first-order valence-electron chi connectivity index (χ1n) is 11.1. The summed E-state index contributed by atoms with van der Waals surface area (Å²) in [5.74, 6) is 2.19. The fraction of sp³-hybridized carbons (Fsp3) is 0.259. The van der Waals surface area contributed by atoms with Crippen LogP contribution in [0.15, 0.2) is 83.9 Å². The molecule has 4 rings (SSSR count). The molecule has 1 aliphatic rings. The molecule has 0 spiro atoms. The van der Waals surface area contributed by atoms with Crippen molar-refractivity contribution in [3.8, 4) is 17.2 Å². The van der Waals surface area contributed by atoms with Crippen molar-refractivity contribution in [3.05, 3.63) is 84.4 Å². The smallest absolute Gasteiger partial charge is 0.258 e. The van der Waals surface area contributed by atoms with Gasteiger partial charge in [-0.3, -0.25) is 9.79 Å². The molecule has 1 amide bonds. The summed E-state index contributed by atoms with van der Waals surface area (Å²) in [7, 11) is 0. The summed E-state index contributed by atoms with van der Waals surface area (Å²) < 4.78 is 11.4. The van der Waals surface area contributed by atoms with Crippen LogP contribution in [0, 0.1) is 0 Å². The fourth-order valence-corrected chi connectivity index (χ4v) is 3.69. The van der Waals surface area contributed by atoms with E-state index < -0.39 is 0 Å². The first-order chi connectivity index (χ1) is 15.7. The van der Waals surface area contributed by atoms with Gasteiger partial charge in [-0.05, 0) is 79.1 Å². The zero-order valence-electron chi connectivity index (χ0n) is 18.1. The predicted molar refractivity (Wildman–Crippen MR) is 127 cm³/mol. The highest BCUT2D eigenvalue weighted by atomic mass is 16.5. The van der Waals surface area contributed by atoms with E-state index in [1.165, 1.54) is 19.3 Å². The first kappa shape index (κ1) is 21.6. The molecule has 5 nitrogen and oxygen atoms in total. The van der Waals surface area contributed by atoms with Crippen molar-refractivity contribution in [1.82, 2.24) is 5.32 Å². The largest absolute Gasteiger partial charge is 0.484 e. The second-order valence-electron chi connectivity index (χ2n) is 7.93. The summed E-state index contributed by atoms with van der Waals surface area (Å²) in [5.41, 5.74) is 1.79. The van der Waals surface area contributed by atoms with Gasteiger partial charge in [-0.15, -0.1) is 0 Å². The van der Waals surface area contributed by atoms with E-state index in [1.807, 2.05) is 78.9 Å². The van der Waals surface area contributed by atoms with Gasteiger partial charge >= 0.3 is 0 Å². The maximum atomic E-state index is 12.1. The van der Waals surface area contributed by atoms with Crippen molar-refractivity contribution >= 4 is 17.8 Å². The maximum absolute atomic E-state index is 12.1. The van der Waals surface area contributed by atoms with Crippen LogP contribution >= 0.6 is 0 Å². The lowest BCUT2D eigenvalue weighted by Gasteiger charge is -2.22. The van der Waals surface area contributed by atoms with E-state index in [1.54, 1.807) is 6.21 Å². The van der Waals surface area contributed by atoms with Crippen molar-refractivity contribution in [2.24, 2.45) is 4.99 Å². The zero-order valence-corrected chi connectivity index (χ0v) is 18.1. The van der Waals surface area contributed by atoms with Crippen LogP contribution in [-0.4, -0.2) is 24.8 Å². The highest BCUT2D eigenvalue weighted by molar-refractivity contribution is 5.82. The molecular weight excluding hydrogens is 400 g/mol. The van der Waals surface area contributed by atoms with Crippen molar-refractivity contribution in [1.29, 1.82) is 0 Å². The van der Waals surface area contributed by atoms with E-state index in [9.17, 15) is 4.79 Å². The third kappa shape index (κ3) is 6.71. The Bertz CT molecular complexity index is 1010. The Morgan fingerprint density at radius 3 is 2.22 bits per heavy atom. The van der Waals surface area contributed by atoms with Crippen LogP contribution in [0.5, 0.6) is 17.2 Å². The maximum Gasteiger partial charge on any atom is 0.258 e. The Balaban J connectivity index is 1.24. The van der Waals surface area contributed by atoms with Crippen molar-refractivity contribution < 1.29 is 14.3 Å². The van der Waals surface area contributed by atoms with Crippen molar-refractivity contribution in [2.75, 3.05) is 6.61 Å². The summed E-state index contributed by atoms with van der Waals surface area (Å²) in [5, 5.41) is 3.06. The molecule has 32 heavy (non-hydrogen) atoms. The van der Waals surface area contributed by atoms with Gasteiger partial charge in [0.15, 0.2) is 6.61 Å². The summed E-state index contributed by atoms with van der Waals surface area (Å²) >= 11 is 0. The second-order valence-corrected chi connectivity index (χ2v) is 7.93. The van der Waals surface area contributed by atoms with Crippen LogP contribution in [0.4, 0.5) is 5.69 Å². The molecule has 0 unspecified atom stereocenters. The minimum atomic E-state index is -0.0535. The first-order valence-corrected chi connectivity index (χ1v) is 11.1. The topological polar surface area (TPSA) is 59.9 Å². The SMILES string of the molecule is O=C(COc1ccc(C=Nc2ccc(Oc3ccccc3)cc2)cc1)NC1CCCCC1. The summed E-state index contributed by atoms with van der Waals surface area (Å²) in [6.07, 6.45) is 7.60. The number of aliphatic imine (C=N–C) groups is 1. The Morgan fingerprint density at radius 2 is 1.50 bits per heavy atom. The van der Waals surface area contributed by atoms with Crippen LogP contribution in [-0.2, 0) is 4.79 Å². The molecule has 1 aliphatic carbocycles. The Labute approximate surface area is 189 Å². The standard InChI is InChI=1S/C27H28N2O3/c30-27(29-23-7-3-1-4-8-23)20-31-24-15-11-21(12-16-24)19-28-22-13-17-26(18-14-22)32-25-9-5-2-6-10-25/h2,5-6,9-19,23H,1,3-4,7-8,20H2,(H,29,30). The molecule has 1 fully saturated rings. The van der Waals surface area contributed by atoms with Gasteiger partial charge in [-0.25, -0.2) is 0 Å². The quantitative estimate of drug-likeness (QED) is 0.444. The number of hydrogen-bond acceptors (Lipinski definition) is 4. The highest BCUT2D eigenvalue weighted by Gasteiger charge is 2.15. The van der Waals surface area contributed by atoms with Gasteiger partial charge in [0.25, 0.3) is 5.91 Å². The number of para-hydroxylation sites is 1. The number of nitrogens with one attached hydrogen (secondary N) is 1. The molecule has 0 bridgehead atoms. The van der Waals surface area contributed by atoms with Crippen LogP contribution in [0.1, 0.15) is 37.7 Å². The number of nitrogens with zero attached hydrogens (tertiary/aromatic N) is 1. The van der Waals surface area contributed by atoms with Gasteiger partial charge in [0, 0.05) is 12.3 Å². The van der Waals surface area contributed by atoms with Gasteiger partial charge in [-0.1, -0.05) is 37.5 Å². The lowest BCUT2D eigenvalue weighted by molar-refractivity contribution is -0.124. The Morgan fingerprint density at radius 1 is 0.844 bits per heavy atom. The Hall–Kier alpha value is -3.60. The molecule has 5 heteroatoms. The molecule has 0 aromatic heterocycles. The number of rotatable bonds is 8. The molecule has 3 aromatic rings. The number of benzene rings is 3. The van der Waals surface area contributed by atoms with Gasteiger partial charge in [0.05, 0.1) is 5.69 Å². The van der Waals surface area contributed by atoms with Crippen LogP contribution < -0.4 is 14.8 Å². The molecule has 0 aliphatic heterocycles. The summed E-state index contributed by atoms with van der Waals surface area (Å²) in [6, 6.07) is 25.2. The fourth-order valence-electron chi connectivity index (χ4n) is 3.69. The molecule has 3 aromatic carbocycles. The van der Waals surface area contributed by atoms with E-state index in [4.69, 9.17) is 9.47 Å². The molecule has 0 saturated heterocycles. The molecule has 164 valence electrons. The number of hydrogen-bond donors (Lipinski definition) is 1. The third-order valence-corrected chi connectivity index (χ3v) is 5.40. The van der Waals surface area contributed by atoms with E-state index in [0.717, 1.165) is 35.6 Å². The van der Waals surface area contributed by atoms with Crippen LogP contribution in [0.2, 0.25) is 0 Å². The molecular formula is C27H28N2O3. The van der Waals surface area contributed by atoms with Crippen molar-refractivity contribution in [3.63, 3.8) is 0 Å². The Kier molecular flexibility index (Phi) is 7.53. The van der Waals surface area contributed by atoms with Gasteiger partial charge < -0.3 is 14.8 Å².